The van der Waals surface area contributed by atoms with Crippen molar-refractivity contribution in [1.82, 2.24) is 9.97 Å². The first-order valence-electron chi connectivity index (χ1n) is 6.52. The van der Waals surface area contributed by atoms with E-state index in [0.717, 1.165) is 12.1 Å². The molecule has 0 fully saturated rings. The summed E-state index contributed by atoms with van der Waals surface area (Å²) in [4.78, 5) is 18.8. The second-order valence-electron chi connectivity index (χ2n) is 4.48. The average molecular weight is 288 g/mol. The van der Waals surface area contributed by atoms with E-state index in [1.54, 1.807) is 19.1 Å². The molecule has 7 heteroatoms. The monoisotopic (exact) mass is 288 g/mol. The Morgan fingerprint density at radius 1 is 1.29 bits per heavy atom. The molecule has 1 N–H and O–H groups in total. The van der Waals surface area contributed by atoms with Gasteiger partial charge in [-0.3, -0.25) is 10.1 Å². The maximum Gasteiger partial charge on any atom is 0.273 e. The number of nitro groups is 1. The molecule has 0 saturated heterocycles. The Labute approximate surface area is 122 Å². The fourth-order valence-corrected chi connectivity index (χ4v) is 1.79. The van der Waals surface area contributed by atoms with Crippen molar-refractivity contribution in [2.75, 3.05) is 11.9 Å². The number of benzene rings is 1. The summed E-state index contributed by atoms with van der Waals surface area (Å²) < 4.78 is 5.67. The van der Waals surface area contributed by atoms with Gasteiger partial charge in [-0.25, -0.2) is 4.98 Å². The number of ether oxygens (including phenoxy) is 1. The first-order chi connectivity index (χ1) is 9.99. The quantitative estimate of drug-likeness (QED) is 0.671. The van der Waals surface area contributed by atoms with Crippen LogP contribution >= 0.6 is 0 Å². The topological polar surface area (TPSA) is 90.2 Å². The highest BCUT2D eigenvalue weighted by molar-refractivity contribution is 5.46. The SMILES string of the molecule is CCNc1cc(Oc2cc([N+](=O)[O-])ccc2C)nc(C)n1. The Balaban J connectivity index is 2.33. The minimum absolute atomic E-state index is 0.0201. The molecule has 1 aromatic heterocycles. The number of aryl methyl sites for hydroxylation is 2. The van der Waals surface area contributed by atoms with Gasteiger partial charge in [-0.2, -0.15) is 4.98 Å². The zero-order valence-corrected chi connectivity index (χ0v) is 12.1. The highest BCUT2D eigenvalue weighted by Gasteiger charge is 2.11. The second-order valence-corrected chi connectivity index (χ2v) is 4.48. The van der Waals surface area contributed by atoms with Gasteiger partial charge in [0.15, 0.2) is 0 Å². The number of anilines is 1. The first kappa shape index (κ1) is 14.7. The van der Waals surface area contributed by atoms with E-state index in [9.17, 15) is 10.1 Å². The number of nitrogens with zero attached hydrogens (tertiary/aromatic N) is 3. The van der Waals surface area contributed by atoms with E-state index < -0.39 is 4.92 Å². The first-order valence-corrected chi connectivity index (χ1v) is 6.52. The summed E-state index contributed by atoms with van der Waals surface area (Å²) in [6, 6.07) is 6.14. The Bertz CT molecular complexity index is 673. The van der Waals surface area contributed by atoms with Crippen LogP contribution in [0, 0.1) is 24.0 Å². The van der Waals surface area contributed by atoms with Crippen LogP contribution in [0.2, 0.25) is 0 Å². The van der Waals surface area contributed by atoms with Crippen LogP contribution in [0.1, 0.15) is 18.3 Å². The van der Waals surface area contributed by atoms with E-state index in [0.29, 0.717) is 23.3 Å². The van der Waals surface area contributed by atoms with Crippen LogP contribution in [-0.2, 0) is 0 Å². The molecule has 110 valence electrons. The number of nitrogens with one attached hydrogen (secondary N) is 1. The molecule has 0 unspecified atom stereocenters. The molecule has 21 heavy (non-hydrogen) atoms. The van der Waals surface area contributed by atoms with Crippen molar-refractivity contribution >= 4 is 11.5 Å². The maximum atomic E-state index is 10.8. The second kappa shape index (κ2) is 6.17. The average Bonchev–Trinajstić information content (AvgIpc) is 2.40. The van der Waals surface area contributed by atoms with Crippen LogP contribution < -0.4 is 10.1 Å². The zero-order chi connectivity index (χ0) is 15.4. The largest absolute Gasteiger partial charge is 0.438 e. The highest BCUT2D eigenvalue weighted by atomic mass is 16.6. The van der Waals surface area contributed by atoms with Gasteiger partial charge in [-0.05, 0) is 32.4 Å². The number of hydrogen-bond donors (Lipinski definition) is 1. The van der Waals surface area contributed by atoms with Gasteiger partial charge in [-0.15, -0.1) is 0 Å². The van der Waals surface area contributed by atoms with Gasteiger partial charge in [0.1, 0.15) is 17.4 Å². The van der Waals surface area contributed by atoms with Crippen molar-refractivity contribution < 1.29 is 9.66 Å². The Morgan fingerprint density at radius 2 is 2.05 bits per heavy atom. The lowest BCUT2D eigenvalue weighted by molar-refractivity contribution is -0.384. The van der Waals surface area contributed by atoms with Gasteiger partial charge >= 0.3 is 0 Å². The lowest BCUT2D eigenvalue weighted by Gasteiger charge is -2.10. The summed E-state index contributed by atoms with van der Waals surface area (Å²) in [5, 5.41) is 13.9. The molecular formula is C14H16N4O3. The molecule has 7 nitrogen and oxygen atoms in total. The standard InChI is InChI=1S/C14H16N4O3/c1-4-15-13-8-14(17-10(3)16-13)21-12-7-11(18(19)20)6-5-9(12)2/h5-8H,4H2,1-3H3,(H,15,16,17). The molecule has 2 rings (SSSR count). The summed E-state index contributed by atoms with van der Waals surface area (Å²) in [5.74, 6) is 1.97. The van der Waals surface area contributed by atoms with Gasteiger partial charge < -0.3 is 10.1 Å². The van der Waals surface area contributed by atoms with Crippen molar-refractivity contribution in [1.29, 1.82) is 0 Å². The number of nitro benzene ring substituents is 1. The smallest absolute Gasteiger partial charge is 0.273 e. The van der Waals surface area contributed by atoms with Crippen molar-refractivity contribution in [2.45, 2.75) is 20.8 Å². The molecule has 0 saturated carbocycles. The molecule has 0 atom stereocenters. The molecule has 0 aliphatic rings. The predicted molar refractivity (Wildman–Crippen MR) is 78.8 cm³/mol. The summed E-state index contributed by atoms with van der Waals surface area (Å²) in [5.41, 5.74) is 0.773. The van der Waals surface area contributed by atoms with Crippen molar-refractivity contribution in [3.05, 3.63) is 45.8 Å². The van der Waals surface area contributed by atoms with E-state index in [1.165, 1.54) is 12.1 Å². The lowest BCUT2D eigenvalue weighted by Crippen LogP contribution is -2.03. The Hall–Kier alpha value is -2.70. The summed E-state index contributed by atoms with van der Waals surface area (Å²) in [7, 11) is 0. The molecule has 0 amide bonds. The Morgan fingerprint density at radius 3 is 2.71 bits per heavy atom. The fourth-order valence-electron chi connectivity index (χ4n) is 1.79. The summed E-state index contributed by atoms with van der Waals surface area (Å²) in [6.45, 7) is 6.26. The third kappa shape index (κ3) is 3.65. The zero-order valence-electron chi connectivity index (χ0n) is 12.1. The van der Waals surface area contributed by atoms with Gasteiger partial charge in [0.2, 0.25) is 5.88 Å². The third-order valence-electron chi connectivity index (χ3n) is 2.77. The van der Waals surface area contributed by atoms with Crippen molar-refractivity contribution in [3.8, 4) is 11.6 Å². The molecule has 0 aliphatic heterocycles. The van der Waals surface area contributed by atoms with Gasteiger partial charge in [0.25, 0.3) is 5.69 Å². The number of aromatic nitrogens is 2. The molecule has 0 bridgehead atoms. The van der Waals surface area contributed by atoms with Crippen LogP contribution in [0.3, 0.4) is 0 Å². The molecule has 0 spiro atoms. The van der Waals surface area contributed by atoms with E-state index >= 15 is 0 Å². The van der Waals surface area contributed by atoms with E-state index in [-0.39, 0.29) is 5.69 Å². The van der Waals surface area contributed by atoms with Crippen LogP contribution in [0.4, 0.5) is 11.5 Å². The van der Waals surface area contributed by atoms with Crippen LogP contribution in [0.15, 0.2) is 24.3 Å². The molecule has 0 radical (unpaired) electrons. The number of non-ortho nitro benzene ring substituents is 1. The fraction of sp³-hybridized carbons (Fsp3) is 0.286. The van der Waals surface area contributed by atoms with Crippen LogP contribution in [0.25, 0.3) is 0 Å². The van der Waals surface area contributed by atoms with Crippen LogP contribution in [0.5, 0.6) is 11.6 Å². The predicted octanol–water partition coefficient (Wildman–Crippen LogP) is 3.23. The summed E-state index contributed by atoms with van der Waals surface area (Å²) >= 11 is 0. The molecule has 2 aromatic rings. The van der Waals surface area contributed by atoms with Crippen LogP contribution in [-0.4, -0.2) is 21.4 Å². The lowest BCUT2D eigenvalue weighted by atomic mass is 10.2. The van der Waals surface area contributed by atoms with Gasteiger partial charge in [0.05, 0.1) is 11.0 Å². The van der Waals surface area contributed by atoms with E-state index in [4.69, 9.17) is 4.74 Å². The van der Waals surface area contributed by atoms with Gasteiger partial charge in [0, 0.05) is 18.7 Å². The van der Waals surface area contributed by atoms with E-state index in [2.05, 4.69) is 15.3 Å². The minimum Gasteiger partial charge on any atom is -0.438 e. The van der Waals surface area contributed by atoms with Crippen molar-refractivity contribution in [2.24, 2.45) is 0 Å². The maximum absolute atomic E-state index is 10.8. The molecule has 1 heterocycles. The normalized spacial score (nSPS) is 10.2. The highest BCUT2D eigenvalue weighted by Crippen LogP contribution is 2.28. The molecular weight excluding hydrogens is 272 g/mol. The minimum atomic E-state index is -0.457. The molecule has 1 aromatic carbocycles. The number of rotatable bonds is 5. The summed E-state index contributed by atoms with van der Waals surface area (Å²) in [6.07, 6.45) is 0. The Kier molecular flexibility index (Phi) is 4.32. The third-order valence-corrected chi connectivity index (χ3v) is 2.77. The molecule has 0 aliphatic carbocycles. The van der Waals surface area contributed by atoms with Gasteiger partial charge in [-0.1, -0.05) is 0 Å². The number of hydrogen-bond acceptors (Lipinski definition) is 6. The van der Waals surface area contributed by atoms with E-state index in [1.807, 2.05) is 13.8 Å². The van der Waals surface area contributed by atoms with Crippen molar-refractivity contribution in [3.63, 3.8) is 0 Å².